The molecule has 3 rings (SSSR count). The van der Waals surface area contributed by atoms with Crippen LogP contribution in [-0.4, -0.2) is 37.1 Å². The van der Waals surface area contributed by atoms with Gasteiger partial charge in [-0.1, -0.05) is 50.2 Å². The van der Waals surface area contributed by atoms with Crippen LogP contribution < -0.4 is 0 Å². The summed E-state index contributed by atoms with van der Waals surface area (Å²) in [6, 6.07) is 12.5. The molecule has 0 aromatic heterocycles. The molecule has 118 valence electrons. The molecular weight excluding hydrogens is 274 g/mol. The van der Waals surface area contributed by atoms with Gasteiger partial charge in [-0.25, -0.2) is 0 Å². The van der Waals surface area contributed by atoms with E-state index in [0.29, 0.717) is 32.7 Å². The van der Waals surface area contributed by atoms with Gasteiger partial charge in [-0.2, -0.15) is 0 Å². The first-order chi connectivity index (χ1) is 10.8. The van der Waals surface area contributed by atoms with E-state index in [2.05, 4.69) is 31.2 Å². The molecule has 0 spiro atoms. The molecule has 1 amide bonds. The lowest BCUT2D eigenvalue weighted by atomic mass is 9.98. The largest absolute Gasteiger partial charge is 0.378 e. The zero-order valence-electron chi connectivity index (χ0n) is 13.8. The van der Waals surface area contributed by atoms with Crippen LogP contribution >= 0.6 is 0 Å². The number of carbonyl (C=O) groups is 1. The number of amides is 1. The molecule has 0 saturated carbocycles. The smallest absolute Gasteiger partial charge is 0.227 e. The van der Waals surface area contributed by atoms with Crippen LogP contribution in [0.4, 0.5) is 0 Å². The predicted octanol–water partition coefficient (Wildman–Crippen LogP) is 3.58. The highest BCUT2D eigenvalue weighted by atomic mass is 16.5. The van der Waals surface area contributed by atoms with Crippen LogP contribution in [0.2, 0.25) is 0 Å². The summed E-state index contributed by atoms with van der Waals surface area (Å²) >= 11 is 0. The van der Waals surface area contributed by atoms with Gasteiger partial charge < -0.3 is 9.64 Å². The molecule has 1 aliphatic rings. The molecule has 0 bridgehead atoms. The third-order valence-corrected chi connectivity index (χ3v) is 3.94. The Morgan fingerprint density at radius 3 is 2.36 bits per heavy atom. The lowest BCUT2D eigenvalue weighted by Gasteiger charge is -2.27. The maximum atomic E-state index is 12.4. The Kier molecular flexibility index (Phi) is 5.96. The Bertz CT molecular complexity index is 630. The molecule has 3 nitrogen and oxygen atoms in total. The quantitative estimate of drug-likeness (QED) is 0.848. The summed E-state index contributed by atoms with van der Waals surface area (Å²) in [5.74, 6) is 0.197. The van der Waals surface area contributed by atoms with Crippen molar-refractivity contribution in [2.24, 2.45) is 0 Å². The number of aryl methyl sites for hydroxylation is 1. The number of fused-ring (bicyclic) bond motifs is 1. The van der Waals surface area contributed by atoms with E-state index >= 15 is 0 Å². The maximum Gasteiger partial charge on any atom is 0.227 e. The highest BCUT2D eigenvalue weighted by molar-refractivity contribution is 5.92. The number of rotatable bonds is 2. The van der Waals surface area contributed by atoms with Crippen LogP contribution in [-0.2, 0) is 16.0 Å². The average Bonchev–Trinajstić information content (AvgIpc) is 2.60. The Hall–Kier alpha value is -1.87. The van der Waals surface area contributed by atoms with Gasteiger partial charge in [0, 0.05) is 13.1 Å². The second kappa shape index (κ2) is 7.95. The lowest BCUT2D eigenvalue weighted by Crippen LogP contribution is -2.41. The van der Waals surface area contributed by atoms with Crippen LogP contribution in [0.15, 0.2) is 36.4 Å². The van der Waals surface area contributed by atoms with Crippen molar-refractivity contribution < 1.29 is 9.53 Å². The second-order valence-corrected chi connectivity index (χ2v) is 5.26. The van der Waals surface area contributed by atoms with Crippen molar-refractivity contribution in [3.05, 3.63) is 47.5 Å². The summed E-state index contributed by atoms with van der Waals surface area (Å²) in [4.78, 5) is 14.3. The average molecular weight is 299 g/mol. The van der Waals surface area contributed by atoms with Crippen LogP contribution in [0.1, 0.15) is 25.0 Å². The maximum absolute atomic E-state index is 12.4. The number of nitrogens with zero attached hydrogens (tertiary/aromatic N) is 1. The van der Waals surface area contributed by atoms with Crippen LogP contribution in [0.5, 0.6) is 0 Å². The molecule has 1 aliphatic heterocycles. The molecule has 1 fully saturated rings. The highest BCUT2D eigenvalue weighted by Gasteiger charge is 2.17. The Balaban J connectivity index is 0.000000847. The molecular formula is C19H25NO2. The SMILES string of the molecule is CC.Cc1ccc(CC(=O)N2CCOCC2)c2ccccc12. The minimum absolute atomic E-state index is 0.197. The molecule has 0 N–H and O–H groups in total. The predicted molar refractivity (Wildman–Crippen MR) is 91.1 cm³/mol. The molecule has 1 heterocycles. The van der Waals surface area contributed by atoms with Crippen molar-refractivity contribution in [2.45, 2.75) is 27.2 Å². The van der Waals surface area contributed by atoms with Crippen LogP contribution in [0.25, 0.3) is 10.8 Å². The molecule has 22 heavy (non-hydrogen) atoms. The van der Waals surface area contributed by atoms with E-state index in [1.807, 2.05) is 30.9 Å². The Labute approximate surface area is 132 Å². The van der Waals surface area contributed by atoms with E-state index in [-0.39, 0.29) is 5.91 Å². The number of morpholine rings is 1. The first-order valence-corrected chi connectivity index (χ1v) is 8.08. The first kappa shape index (κ1) is 16.5. The number of hydrogen-bond donors (Lipinski definition) is 0. The fourth-order valence-electron chi connectivity index (χ4n) is 2.75. The number of carbonyl (C=O) groups excluding carboxylic acids is 1. The summed E-state index contributed by atoms with van der Waals surface area (Å²) in [5.41, 5.74) is 2.37. The van der Waals surface area contributed by atoms with E-state index in [1.54, 1.807) is 0 Å². The molecule has 2 aromatic carbocycles. The second-order valence-electron chi connectivity index (χ2n) is 5.26. The normalized spacial score (nSPS) is 14.4. The lowest BCUT2D eigenvalue weighted by molar-refractivity contribution is -0.134. The van der Waals surface area contributed by atoms with Gasteiger partial charge in [0.1, 0.15) is 0 Å². The van der Waals surface area contributed by atoms with Gasteiger partial charge in [0.2, 0.25) is 5.91 Å². The minimum atomic E-state index is 0.197. The number of hydrogen-bond acceptors (Lipinski definition) is 2. The molecule has 3 heteroatoms. The standard InChI is InChI=1S/C17H19NO2.C2H6/c1-13-6-7-14(16-5-3-2-4-15(13)16)12-17(19)18-8-10-20-11-9-18;1-2/h2-7H,8-12H2,1H3;1-2H3. The zero-order valence-corrected chi connectivity index (χ0v) is 13.8. The zero-order chi connectivity index (χ0) is 15.9. The third kappa shape index (κ3) is 3.66. The topological polar surface area (TPSA) is 29.5 Å². The van der Waals surface area contributed by atoms with Gasteiger partial charge in [0.15, 0.2) is 0 Å². The van der Waals surface area contributed by atoms with Crippen molar-refractivity contribution >= 4 is 16.7 Å². The van der Waals surface area contributed by atoms with E-state index in [1.165, 1.54) is 16.3 Å². The van der Waals surface area contributed by atoms with Crippen LogP contribution in [0.3, 0.4) is 0 Å². The number of benzene rings is 2. The monoisotopic (exact) mass is 299 g/mol. The number of ether oxygens (including phenoxy) is 1. The van der Waals surface area contributed by atoms with Gasteiger partial charge in [-0.3, -0.25) is 4.79 Å². The summed E-state index contributed by atoms with van der Waals surface area (Å²) in [6.07, 6.45) is 0.473. The molecule has 0 unspecified atom stereocenters. The van der Waals surface area contributed by atoms with Crippen LogP contribution in [0, 0.1) is 6.92 Å². The summed E-state index contributed by atoms with van der Waals surface area (Å²) < 4.78 is 5.29. The molecule has 0 atom stereocenters. The van der Waals surface area contributed by atoms with Gasteiger partial charge in [-0.05, 0) is 28.8 Å². The fraction of sp³-hybridized carbons (Fsp3) is 0.421. The van der Waals surface area contributed by atoms with Crippen molar-refractivity contribution in [2.75, 3.05) is 26.3 Å². The van der Waals surface area contributed by atoms with Gasteiger partial charge in [0.05, 0.1) is 19.6 Å². The van der Waals surface area contributed by atoms with Gasteiger partial charge >= 0.3 is 0 Å². The van der Waals surface area contributed by atoms with Crippen molar-refractivity contribution in [3.63, 3.8) is 0 Å². The molecule has 2 aromatic rings. The first-order valence-electron chi connectivity index (χ1n) is 8.08. The minimum Gasteiger partial charge on any atom is -0.378 e. The Morgan fingerprint density at radius 1 is 1.05 bits per heavy atom. The van der Waals surface area contributed by atoms with E-state index < -0.39 is 0 Å². The van der Waals surface area contributed by atoms with E-state index in [4.69, 9.17) is 4.74 Å². The van der Waals surface area contributed by atoms with Crippen molar-refractivity contribution in [1.82, 2.24) is 4.90 Å². The van der Waals surface area contributed by atoms with Gasteiger partial charge in [0.25, 0.3) is 0 Å². The molecule has 1 saturated heterocycles. The third-order valence-electron chi connectivity index (χ3n) is 3.94. The summed E-state index contributed by atoms with van der Waals surface area (Å²) in [7, 11) is 0. The summed E-state index contributed by atoms with van der Waals surface area (Å²) in [5, 5.41) is 2.42. The molecule has 0 aliphatic carbocycles. The Morgan fingerprint density at radius 2 is 1.68 bits per heavy atom. The summed E-state index contributed by atoms with van der Waals surface area (Å²) in [6.45, 7) is 8.84. The van der Waals surface area contributed by atoms with E-state index in [0.717, 1.165) is 5.56 Å². The highest BCUT2D eigenvalue weighted by Crippen LogP contribution is 2.23. The van der Waals surface area contributed by atoms with E-state index in [9.17, 15) is 4.79 Å². The molecule has 0 radical (unpaired) electrons. The fourth-order valence-corrected chi connectivity index (χ4v) is 2.75. The van der Waals surface area contributed by atoms with Gasteiger partial charge in [-0.15, -0.1) is 0 Å². The van der Waals surface area contributed by atoms with Crippen molar-refractivity contribution in [3.8, 4) is 0 Å². The van der Waals surface area contributed by atoms with Crippen molar-refractivity contribution in [1.29, 1.82) is 0 Å².